The molecule has 1 aromatic rings. The maximum Gasteiger partial charge on any atom is 0.243 e. The minimum absolute atomic E-state index is 0. The number of ether oxygens (including phenoxy) is 1. The van der Waals surface area contributed by atoms with Crippen LogP contribution in [0.25, 0.3) is 0 Å². The van der Waals surface area contributed by atoms with Crippen LogP contribution in [0.3, 0.4) is 0 Å². The minimum Gasteiger partial charge on any atom is -0.382 e. The van der Waals surface area contributed by atoms with Gasteiger partial charge in [-0.05, 0) is 43.9 Å². The van der Waals surface area contributed by atoms with E-state index in [1.807, 2.05) is 13.0 Å². The Bertz CT molecular complexity index is 651. The third kappa shape index (κ3) is 7.90. The van der Waals surface area contributed by atoms with E-state index in [9.17, 15) is 9.18 Å². The lowest BCUT2D eigenvalue weighted by Gasteiger charge is -2.19. The first-order chi connectivity index (χ1) is 13.0. The zero-order valence-electron chi connectivity index (χ0n) is 17.0. The van der Waals surface area contributed by atoms with Crippen molar-refractivity contribution in [1.29, 1.82) is 0 Å². The van der Waals surface area contributed by atoms with Gasteiger partial charge in [0, 0.05) is 45.8 Å². The highest BCUT2D eigenvalue weighted by Crippen LogP contribution is 2.47. The van der Waals surface area contributed by atoms with Gasteiger partial charge in [0.2, 0.25) is 5.91 Å². The summed E-state index contributed by atoms with van der Waals surface area (Å²) < 4.78 is 18.9. The number of aliphatic imine (C=N–C) groups is 1. The normalized spacial score (nSPS) is 14.8. The van der Waals surface area contributed by atoms with Gasteiger partial charge in [-0.2, -0.15) is 0 Å². The number of benzene rings is 1. The number of amides is 1. The Labute approximate surface area is 184 Å². The first-order valence-corrected chi connectivity index (χ1v) is 9.53. The lowest BCUT2D eigenvalue weighted by atomic mass is 9.96. The molecule has 0 radical (unpaired) electrons. The van der Waals surface area contributed by atoms with Gasteiger partial charge in [0.05, 0.1) is 0 Å². The van der Waals surface area contributed by atoms with Crippen LogP contribution in [-0.4, -0.2) is 63.7 Å². The molecular formula is C20H32FIN4O2. The largest absolute Gasteiger partial charge is 0.382 e. The van der Waals surface area contributed by atoms with Crippen LogP contribution >= 0.6 is 24.0 Å². The fraction of sp³-hybridized carbons (Fsp3) is 0.600. The van der Waals surface area contributed by atoms with Crippen molar-refractivity contribution in [3.8, 4) is 0 Å². The van der Waals surface area contributed by atoms with Gasteiger partial charge in [0.15, 0.2) is 5.96 Å². The van der Waals surface area contributed by atoms with Crippen LogP contribution in [0, 0.1) is 5.82 Å². The lowest BCUT2D eigenvalue weighted by molar-refractivity contribution is -0.127. The Kier molecular flexibility index (Phi) is 10.7. The predicted octanol–water partition coefficient (Wildman–Crippen LogP) is 2.53. The number of guanidine groups is 1. The lowest BCUT2D eigenvalue weighted by Crippen LogP contribution is -2.42. The number of nitrogens with zero attached hydrogens (tertiary/aromatic N) is 2. The van der Waals surface area contributed by atoms with E-state index in [1.165, 1.54) is 11.0 Å². The molecule has 2 N–H and O–H groups in total. The molecule has 1 fully saturated rings. The average Bonchev–Trinajstić information content (AvgIpc) is 3.44. The summed E-state index contributed by atoms with van der Waals surface area (Å²) in [6.07, 6.45) is 2.88. The third-order valence-corrected chi connectivity index (χ3v) is 4.72. The molecule has 0 aromatic heterocycles. The summed E-state index contributed by atoms with van der Waals surface area (Å²) in [6, 6.07) is 6.80. The molecule has 8 heteroatoms. The van der Waals surface area contributed by atoms with Crippen molar-refractivity contribution in [2.24, 2.45) is 4.99 Å². The topological polar surface area (TPSA) is 66.0 Å². The second-order valence-electron chi connectivity index (χ2n) is 7.07. The van der Waals surface area contributed by atoms with Gasteiger partial charge >= 0.3 is 0 Å². The van der Waals surface area contributed by atoms with Crippen molar-refractivity contribution in [2.45, 2.75) is 31.6 Å². The number of carbonyl (C=O) groups is 1. The molecule has 1 aromatic carbocycles. The molecule has 1 amide bonds. The van der Waals surface area contributed by atoms with Gasteiger partial charge in [-0.3, -0.25) is 4.79 Å². The van der Waals surface area contributed by atoms with Crippen molar-refractivity contribution >= 4 is 35.8 Å². The van der Waals surface area contributed by atoms with Crippen LogP contribution in [0.5, 0.6) is 0 Å². The SMILES string of the molecule is CCOCCCNC(=NCC(=O)N(C)C)NCC1(c2cccc(F)c2)CC1.I. The molecule has 1 aliphatic carbocycles. The highest BCUT2D eigenvalue weighted by molar-refractivity contribution is 14.0. The Morgan fingerprint density at radius 3 is 2.68 bits per heavy atom. The summed E-state index contributed by atoms with van der Waals surface area (Å²) in [4.78, 5) is 17.7. The molecule has 0 unspecified atom stereocenters. The van der Waals surface area contributed by atoms with E-state index < -0.39 is 0 Å². The summed E-state index contributed by atoms with van der Waals surface area (Å²) in [7, 11) is 3.42. The maximum absolute atomic E-state index is 13.6. The summed E-state index contributed by atoms with van der Waals surface area (Å²) in [5.74, 6) is 0.333. The average molecular weight is 506 g/mol. The number of halogens is 2. The van der Waals surface area contributed by atoms with Crippen molar-refractivity contribution < 1.29 is 13.9 Å². The summed E-state index contributed by atoms with van der Waals surface area (Å²) in [5.41, 5.74) is 0.955. The zero-order chi connectivity index (χ0) is 19.7. The number of hydrogen-bond acceptors (Lipinski definition) is 3. The van der Waals surface area contributed by atoms with Crippen LogP contribution in [0.4, 0.5) is 4.39 Å². The van der Waals surface area contributed by atoms with E-state index in [0.717, 1.165) is 24.8 Å². The molecule has 0 aliphatic heterocycles. The number of likely N-dealkylation sites (N-methyl/N-ethyl adjacent to an activating group) is 1. The molecule has 1 aliphatic rings. The van der Waals surface area contributed by atoms with Crippen LogP contribution in [-0.2, 0) is 14.9 Å². The van der Waals surface area contributed by atoms with E-state index in [1.54, 1.807) is 26.2 Å². The molecule has 28 heavy (non-hydrogen) atoms. The van der Waals surface area contributed by atoms with Crippen molar-refractivity contribution in [3.63, 3.8) is 0 Å². The fourth-order valence-corrected chi connectivity index (χ4v) is 2.78. The standard InChI is InChI=1S/C20H31FN4O2.HI/c1-4-27-12-6-11-22-19(23-14-18(26)25(2)3)24-15-20(9-10-20)16-7-5-8-17(21)13-16;/h5,7-8,13H,4,6,9-12,14-15H2,1-3H3,(H2,22,23,24);1H. The molecule has 158 valence electrons. The van der Waals surface area contributed by atoms with Crippen LogP contribution in [0.1, 0.15) is 31.7 Å². The van der Waals surface area contributed by atoms with Gasteiger partial charge in [0.1, 0.15) is 12.4 Å². The summed E-state index contributed by atoms with van der Waals surface area (Å²) >= 11 is 0. The van der Waals surface area contributed by atoms with E-state index in [4.69, 9.17) is 4.74 Å². The minimum atomic E-state index is -0.210. The van der Waals surface area contributed by atoms with E-state index >= 15 is 0 Å². The predicted molar refractivity (Wildman–Crippen MR) is 121 cm³/mol. The quantitative estimate of drug-likeness (QED) is 0.222. The van der Waals surface area contributed by atoms with Gasteiger partial charge in [0.25, 0.3) is 0 Å². The molecule has 0 bridgehead atoms. The first-order valence-electron chi connectivity index (χ1n) is 9.53. The smallest absolute Gasteiger partial charge is 0.243 e. The highest BCUT2D eigenvalue weighted by Gasteiger charge is 2.44. The van der Waals surface area contributed by atoms with E-state index in [2.05, 4.69) is 15.6 Å². The second kappa shape index (κ2) is 12.2. The van der Waals surface area contributed by atoms with E-state index in [-0.39, 0.29) is 47.7 Å². The second-order valence-corrected chi connectivity index (χ2v) is 7.07. The van der Waals surface area contributed by atoms with Crippen LogP contribution in [0.2, 0.25) is 0 Å². The molecule has 0 heterocycles. The van der Waals surface area contributed by atoms with Gasteiger partial charge in [-0.15, -0.1) is 24.0 Å². The fourth-order valence-electron chi connectivity index (χ4n) is 2.78. The first kappa shape index (κ1) is 24.6. The maximum atomic E-state index is 13.6. The summed E-state index contributed by atoms with van der Waals surface area (Å²) in [6.45, 7) is 4.79. The Balaban J connectivity index is 0.00000392. The summed E-state index contributed by atoms with van der Waals surface area (Å²) in [5, 5.41) is 6.58. The monoisotopic (exact) mass is 506 g/mol. The van der Waals surface area contributed by atoms with Gasteiger partial charge < -0.3 is 20.3 Å². The van der Waals surface area contributed by atoms with Crippen molar-refractivity contribution in [2.75, 3.05) is 46.9 Å². The number of rotatable bonds is 10. The molecule has 0 atom stereocenters. The highest BCUT2D eigenvalue weighted by atomic mass is 127. The Morgan fingerprint density at radius 2 is 2.07 bits per heavy atom. The van der Waals surface area contributed by atoms with Crippen molar-refractivity contribution in [1.82, 2.24) is 15.5 Å². The number of nitrogens with one attached hydrogen (secondary N) is 2. The molecule has 2 rings (SSSR count). The Morgan fingerprint density at radius 1 is 1.32 bits per heavy atom. The molecule has 0 saturated heterocycles. The molecule has 1 saturated carbocycles. The van der Waals surface area contributed by atoms with Gasteiger partial charge in [-0.1, -0.05) is 12.1 Å². The van der Waals surface area contributed by atoms with Crippen molar-refractivity contribution in [3.05, 3.63) is 35.6 Å². The van der Waals surface area contributed by atoms with Crippen LogP contribution in [0.15, 0.2) is 29.3 Å². The molecule has 0 spiro atoms. The molecular weight excluding hydrogens is 474 g/mol. The number of hydrogen-bond donors (Lipinski definition) is 2. The van der Waals surface area contributed by atoms with Gasteiger partial charge in [-0.25, -0.2) is 9.38 Å². The Hall–Kier alpha value is -1.42. The number of carbonyl (C=O) groups excluding carboxylic acids is 1. The van der Waals surface area contributed by atoms with E-state index in [0.29, 0.717) is 32.3 Å². The van der Waals surface area contributed by atoms with Crippen LogP contribution < -0.4 is 10.6 Å². The molecule has 6 nitrogen and oxygen atoms in total. The zero-order valence-corrected chi connectivity index (χ0v) is 19.3. The third-order valence-electron chi connectivity index (χ3n) is 4.72.